The molecule has 0 aromatic heterocycles. The van der Waals surface area contributed by atoms with E-state index < -0.39 is 5.97 Å². The molecule has 0 unspecified atom stereocenters. The van der Waals surface area contributed by atoms with Crippen LogP contribution in [-0.2, 0) is 11.3 Å². The average Bonchev–Trinajstić information content (AvgIpc) is 3.14. The van der Waals surface area contributed by atoms with Crippen molar-refractivity contribution in [1.82, 2.24) is 4.90 Å². The van der Waals surface area contributed by atoms with Crippen LogP contribution in [0.15, 0.2) is 76.6 Å². The van der Waals surface area contributed by atoms with Gasteiger partial charge in [-0.2, -0.15) is 0 Å². The zero-order valence-corrected chi connectivity index (χ0v) is 21.5. The van der Waals surface area contributed by atoms with Gasteiger partial charge in [-0.25, -0.2) is 9.79 Å². The minimum atomic E-state index is -0.985. The molecular formula is C29H28N2O4S. The first-order valence-corrected chi connectivity index (χ1v) is 12.4. The van der Waals surface area contributed by atoms with Crippen LogP contribution in [0.2, 0.25) is 0 Å². The van der Waals surface area contributed by atoms with Gasteiger partial charge in [0.25, 0.3) is 5.91 Å². The highest BCUT2D eigenvalue weighted by molar-refractivity contribution is 8.18. The van der Waals surface area contributed by atoms with Crippen molar-refractivity contribution in [2.24, 2.45) is 4.99 Å². The maximum Gasteiger partial charge on any atom is 0.335 e. The number of amidine groups is 1. The number of benzene rings is 3. The van der Waals surface area contributed by atoms with Crippen molar-refractivity contribution in [1.29, 1.82) is 0 Å². The van der Waals surface area contributed by atoms with Crippen molar-refractivity contribution in [2.45, 2.75) is 33.2 Å². The predicted octanol–water partition coefficient (Wildman–Crippen LogP) is 6.63. The van der Waals surface area contributed by atoms with Crippen LogP contribution in [0.25, 0.3) is 6.08 Å². The number of carbonyl (C=O) groups is 2. The summed E-state index contributed by atoms with van der Waals surface area (Å²) in [6, 6.07) is 20.1. The van der Waals surface area contributed by atoms with Crippen LogP contribution in [0.5, 0.6) is 5.75 Å². The average molecular weight is 501 g/mol. The third-order valence-electron chi connectivity index (χ3n) is 5.94. The van der Waals surface area contributed by atoms with Gasteiger partial charge in [0.1, 0.15) is 5.75 Å². The van der Waals surface area contributed by atoms with Crippen LogP contribution in [0, 0.1) is 6.92 Å². The lowest BCUT2D eigenvalue weighted by molar-refractivity contribution is -0.122. The highest BCUT2D eigenvalue weighted by Crippen LogP contribution is 2.37. The van der Waals surface area contributed by atoms with E-state index >= 15 is 0 Å². The third kappa shape index (κ3) is 5.52. The van der Waals surface area contributed by atoms with E-state index in [4.69, 9.17) is 9.73 Å². The number of nitrogens with zero attached hydrogens (tertiary/aromatic N) is 2. The van der Waals surface area contributed by atoms with Crippen molar-refractivity contribution in [3.63, 3.8) is 0 Å². The summed E-state index contributed by atoms with van der Waals surface area (Å²) in [6.07, 6.45) is 1.92. The Labute approximate surface area is 215 Å². The zero-order valence-electron chi connectivity index (χ0n) is 20.7. The SMILES string of the molecule is COc1cc(C)c(/C=C2/SC(=Nc3ccccc3)N(Cc3ccc(C(=O)O)cc3)C2=O)cc1C(C)C. The summed E-state index contributed by atoms with van der Waals surface area (Å²) in [5.41, 5.74) is 4.83. The first-order valence-electron chi connectivity index (χ1n) is 11.6. The number of rotatable bonds is 7. The Kier molecular flexibility index (Phi) is 7.60. The fraction of sp³-hybridized carbons (Fsp3) is 0.207. The number of thioether (sulfide) groups is 1. The lowest BCUT2D eigenvalue weighted by Crippen LogP contribution is -2.28. The number of methoxy groups -OCH3 is 1. The highest BCUT2D eigenvalue weighted by Gasteiger charge is 2.33. The van der Waals surface area contributed by atoms with Gasteiger partial charge in [-0.1, -0.05) is 44.2 Å². The Morgan fingerprint density at radius 3 is 2.42 bits per heavy atom. The van der Waals surface area contributed by atoms with Crippen LogP contribution in [0.4, 0.5) is 5.69 Å². The van der Waals surface area contributed by atoms with Crippen molar-refractivity contribution in [2.75, 3.05) is 7.11 Å². The summed E-state index contributed by atoms with van der Waals surface area (Å²) in [7, 11) is 1.67. The number of hydrogen-bond donors (Lipinski definition) is 1. The van der Waals surface area contributed by atoms with Gasteiger partial charge < -0.3 is 9.84 Å². The lowest BCUT2D eigenvalue weighted by Gasteiger charge is -2.16. The fourth-order valence-electron chi connectivity index (χ4n) is 3.92. The molecule has 3 aromatic rings. The monoisotopic (exact) mass is 500 g/mol. The summed E-state index contributed by atoms with van der Waals surface area (Å²) in [4.78, 5) is 31.8. The van der Waals surface area contributed by atoms with E-state index in [9.17, 15) is 14.7 Å². The number of hydrogen-bond acceptors (Lipinski definition) is 5. The van der Waals surface area contributed by atoms with E-state index in [2.05, 4.69) is 19.9 Å². The Morgan fingerprint density at radius 1 is 1.11 bits per heavy atom. The molecule has 1 aliphatic rings. The third-order valence-corrected chi connectivity index (χ3v) is 6.94. The molecule has 0 spiro atoms. The molecule has 1 heterocycles. The number of carboxylic acid groups (broad SMARTS) is 1. The second-order valence-corrected chi connectivity index (χ2v) is 9.85. The Balaban J connectivity index is 1.72. The molecule has 6 nitrogen and oxygen atoms in total. The van der Waals surface area contributed by atoms with Crippen molar-refractivity contribution in [3.05, 3.63) is 99.5 Å². The molecule has 0 bridgehead atoms. The molecular weight excluding hydrogens is 472 g/mol. The first kappa shape index (κ1) is 25.3. The lowest BCUT2D eigenvalue weighted by atomic mass is 9.96. The molecule has 0 saturated carbocycles. The standard InChI is InChI=1S/C29H28N2O4S/c1-18(2)24-15-22(19(3)14-25(24)35-4)16-26-27(32)31(17-20-10-12-21(13-11-20)28(33)34)29(36-26)30-23-8-6-5-7-9-23/h5-16,18H,17H2,1-4H3,(H,33,34)/b26-16+,30-29?. The molecule has 4 rings (SSSR count). The maximum atomic E-state index is 13.6. The van der Waals surface area contributed by atoms with Crippen molar-refractivity contribution in [3.8, 4) is 5.75 Å². The second kappa shape index (κ2) is 10.8. The van der Waals surface area contributed by atoms with Crippen molar-refractivity contribution < 1.29 is 19.4 Å². The molecule has 3 aromatic carbocycles. The number of carbonyl (C=O) groups excluding carboxylic acids is 1. The zero-order chi connectivity index (χ0) is 25.8. The number of carboxylic acids is 1. The Hall–Kier alpha value is -3.84. The van der Waals surface area contributed by atoms with Gasteiger partial charge in [0.15, 0.2) is 5.17 Å². The van der Waals surface area contributed by atoms with Gasteiger partial charge >= 0.3 is 5.97 Å². The Morgan fingerprint density at radius 2 is 1.81 bits per heavy atom. The van der Waals surface area contributed by atoms with Crippen LogP contribution in [0.3, 0.4) is 0 Å². The molecule has 36 heavy (non-hydrogen) atoms. The predicted molar refractivity (Wildman–Crippen MR) is 145 cm³/mol. The van der Waals surface area contributed by atoms with E-state index in [0.717, 1.165) is 33.7 Å². The number of aliphatic imine (C=N–C) groups is 1. The van der Waals surface area contributed by atoms with Gasteiger partial charge in [0.05, 0.1) is 29.8 Å². The smallest absolute Gasteiger partial charge is 0.335 e. The maximum absolute atomic E-state index is 13.6. The summed E-state index contributed by atoms with van der Waals surface area (Å²) < 4.78 is 5.57. The van der Waals surface area contributed by atoms with Gasteiger partial charge in [-0.05, 0) is 89.3 Å². The minimum absolute atomic E-state index is 0.140. The summed E-state index contributed by atoms with van der Waals surface area (Å²) in [5.74, 6) is -0.0160. The normalized spacial score (nSPS) is 15.8. The van der Waals surface area contributed by atoms with E-state index in [0.29, 0.717) is 10.1 Å². The molecule has 1 saturated heterocycles. The number of amides is 1. The van der Waals surface area contributed by atoms with E-state index in [1.807, 2.05) is 49.4 Å². The molecule has 0 atom stereocenters. The van der Waals surface area contributed by atoms with E-state index in [1.165, 1.54) is 11.8 Å². The number of aromatic carboxylic acids is 1. The topological polar surface area (TPSA) is 79.2 Å². The van der Waals surface area contributed by atoms with E-state index in [-0.39, 0.29) is 23.9 Å². The largest absolute Gasteiger partial charge is 0.496 e. The molecule has 0 aliphatic carbocycles. The van der Waals surface area contributed by atoms with Crippen LogP contribution in [0.1, 0.15) is 52.4 Å². The van der Waals surface area contributed by atoms with Crippen LogP contribution in [-0.4, -0.2) is 34.2 Å². The number of para-hydroxylation sites is 1. The minimum Gasteiger partial charge on any atom is -0.496 e. The van der Waals surface area contributed by atoms with Crippen LogP contribution >= 0.6 is 11.8 Å². The quantitative estimate of drug-likeness (QED) is 0.368. The van der Waals surface area contributed by atoms with Crippen molar-refractivity contribution >= 4 is 40.6 Å². The fourth-order valence-corrected chi connectivity index (χ4v) is 4.91. The molecule has 7 heteroatoms. The van der Waals surface area contributed by atoms with Gasteiger partial charge in [-0.3, -0.25) is 9.69 Å². The highest BCUT2D eigenvalue weighted by atomic mass is 32.2. The summed E-state index contributed by atoms with van der Waals surface area (Å²) in [6.45, 7) is 6.51. The number of ether oxygens (including phenoxy) is 1. The Bertz CT molecular complexity index is 1350. The van der Waals surface area contributed by atoms with Gasteiger partial charge in [0, 0.05) is 0 Å². The van der Waals surface area contributed by atoms with Gasteiger partial charge in [-0.15, -0.1) is 0 Å². The van der Waals surface area contributed by atoms with Gasteiger partial charge in [0.2, 0.25) is 0 Å². The summed E-state index contributed by atoms with van der Waals surface area (Å²) >= 11 is 1.34. The second-order valence-electron chi connectivity index (χ2n) is 8.84. The van der Waals surface area contributed by atoms with E-state index in [1.54, 1.807) is 36.3 Å². The molecule has 1 amide bonds. The molecule has 0 radical (unpaired) electrons. The van der Waals surface area contributed by atoms with Crippen LogP contribution < -0.4 is 4.74 Å². The molecule has 184 valence electrons. The number of aryl methyl sites for hydroxylation is 1. The molecule has 1 fully saturated rings. The summed E-state index contributed by atoms with van der Waals surface area (Å²) in [5, 5.41) is 9.77. The molecule has 1 N–H and O–H groups in total. The molecule has 1 aliphatic heterocycles. The first-order chi connectivity index (χ1) is 17.3.